The monoisotopic (exact) mass is 352 g/mol. The fraction of sp³-hybridized carbons (Fsp3) is 0.400. The van der Waals surface area contributed by atoms with E-state index in [9.17, 15) is 4.79 Å². The standard InChI is InChI=1S/C20H24N4O2/c1-14-12-23(2)20(22-14)18-13-24(9-10-26-18)19(25)8-7-15-11-21-17-6-4-3-5-16(15)17/h3-6,11-12,18,21H,7-10,13H2,1-2H3/t18-/m1/s1. The van der Waals surface area contributed by atoms with Crippen molar-refractivity contribution in [3.63, 3.8) is 0 Å². The molecule has 1 saturated heterocycles. The van der Waals surface area contributed by atoms with Gasteiger partial charge < -0.3 is 19.2 Å². The topological polar surface area (TPSA) is 63.2 Å². The van der Waals surface area contributed by atoms with Crippen molar-refractivity contribution in [3.05, 3.63) is 53.7 Å². The minimum absolute atomic E-state index is 0.153. The molecule has 6 heteroatoms. The summed E-state index contributed by atoms with van der Waals surface area (Å²) in [5.41, 5.74) is 3.28. The average molecular weight is 352 g/mol. The number of amides is 1. The minimum Gasteiger partial charge on any atom is -0.367 e. The van der Waals surface area contributed by atoms with Crippen molar-refractivity contribution in [1.82, 2.24) is 19.4 Å². The quantitative estimate of drug-likeness (QED) is 0.785. The molecule has 1 aliphatic heterocycles. The Morgan fingerprint density at radius 3 is 3.04 bits per heavy atom. The highest BCUT2D eigenvalue weighted by Gasteiger charge is 2.28. The maximum absolute atomic E-state index is 12.7. The molecule has 0 aliphatic carbocycles. The van der Waals surface area contributed by atoms with Gasteiger partial charge in [-0.05, 0) is 25.0 Å². The first-order chi connectivity index (χ1) is 12.6. The number of aromatic amines is 1. The molecule has 3 aromatic rings. The van der Waals surface area contributed by atoms with Crippen molar-refractivity contribution >= 4 is 16.8 Å². The van der Waals surface area contributed by atoms with Crippen molar-refractivity contribution in [2.24, 2.45) is 7.05 Å². The summed E-state index contributed by atoms with van der Waals surface area (Å²) in [7, 11) is 1.97. The molecule has 6 nitrogen and oxygen atoms in total. The van der Waals surface area contributed by atoms with Gasteiger partial charge in [0.2, 0.25) is 5.91 Å². The summed E-state index contributed by atoms with van der Waals surface area (Å²) in [6.45, 7) is 3.73. The summed E-state index contributed by atoms with van der Waals surface area (Å²) >= 11 is 0. The van der Waals surface area contributed by atoms with Gasteiger partial charge in [0.15, 0.2) is 0 Å². The average Bonchev–Trinajstić information content (AvgIpc) is 3.22. The summed E-state index contributed by atoms with van der Waals surface area (Å²) in [6.07, 6.45) is 5.09. The third-order valence-corrected chi connectivity index (χ3v) is 5.02. The van der Waals surface area contributed by atoms with Crippen LogP contribution in [0.15, 0.2) is 36.7 Å². The van der Waals surface area contributed by atoms with Gasteiger partial charge in [0, 0.05) is 43.3 Å². The van der Waals surface area contributed by atoms with Gasteiger partial charge in [-0.25, -0.2) is 4.98 Å². The number of hydrogen-bond donors (Lipinski definition) is 1. The number of carbonyl (C=O) groups excluding carboxylic acids is 1. The zero-order chi connectivity index (χ0) is 18.1. The first-order valence-electron chi connectivity index (χ1n) is 9.06. The third kappa shape index (κ3) is 3.24. The van der Waals surface area contributed by atoms with Crippen LogP contribution < -0.4 is 0 Å². The second-order valence-electron chi connectivity index (χ2n) is 6.91. The van der Waals surface area contributed by atoms with Crippen LogP contribution in [-0.2, 0) is 23.0 Å². The Morgan fingerprint density at radius 2 is 2.23 bits per heavy atom. The molecule has 1 N–H and O–H groups in total. The second-order valence-corrected chi connectivity index (χ2v) is 6.91. The lowest BCUT2D eigenvalue weighted by Crippen LogP contribution is -2.42. The van der Waals surface area contributed by atoms with Crippen LogP contribution in [0.1, 0.15) is 29.6 Å². The summed E-state index contributed by atoms with van der Waals surface area (Å²) in [6, 6.07) is 8.20. The number of morpholine rings is 1. The molecule has 0 radical (unpaired) electrons. The van der Waals surface area contributed by atoms with Crippen LogP contribution in [0.5, 0.6) is 0 Å². The largest absolute Gasteiger partial charge is 0.367 e. The molecule has 3 heterocycles. The molecule has 1 aliphatic rings. The van der Waals surface area contributed by atoms with Crippen LogP contribution in [0.3, 0.4) is 0 Å². The van der Waals surface area contributed by atoms with E-state index in [-0.39, 0.29) is 12.0 Å². The van der Waals surface area contributed by atoms with E-state index in [4.69, 9.17) is 4.74 Å². The highest BCUT2D eigenvalue weighted by atomic mass is 16.5. The van der Waals surface area contributed by atoms with Crippen LogP contribution in [0.4, 0.5) is 0 Å². The predicted molar refractivity (Wildman–Crippen MR) is 99.8 cm³/mol. The molecule has 0 unspecified atom stereocenters. The van der Waals surface area contributed by atoms with Gasteiger partial charge in [0.05, 0.1) is 18.8 Å². The van der Waals surface area contributed by atoms with E-state index < -0.39 is 0 Å². The number of nitrogens with one attached hydrogen (secondary N) is 1. The molecule has 0 saturated carbocycles. The smallest absolute Gasteiger partial charge is 0.223 e. The van der Waals surface area contributed by atoms with E-state index in [2.05, 4.69) is 22.1 Å². The van der Waals surface area contributed by atoms with E-state index >= 15 is 0 Å². The van der Waals surface area contributed by atoms with Crippen molar-refractivity contribution in [3.8, 4) is 0 Å². The summed E-state index contributed by atoms with van der Waals surface area (Å²) < 4.78 is 7.85. The number of aromatic nitrogens is 3. The zero-order valence-electron chi connectivity index (χ0n) is 15.2. The highest BCUT2D eigenvalue weighted by molar-refractivity contribution is 5.84. The van der Waals surface area contributed by atoms with Crippen LogP contribution in [0.25, 0.3) is 10.9 Å². The number of benzene rings is 1. The maximum Gasteiger partial charge on any atom is 0.223 e. The number of aryl methyl sites for hydroxylation is 3. The molecule has 0 spiro atoms. The lowest BCUT2D eigenvalue weighted by Gasteiger charge is -2.32. The molecule has 0 bridgehead atoms. The number of ether oxygens (including phenoxy) is 1. The SMILES string of the molecule is Cc1cn(C)c([C@H]2CN(C(=O)CCc3c[nH]c4ccccc34)CCO2)n1. The molecule has 1 fully saturated rings. The third-order valence-electron chi connectivity index (χ3n) is 5.02. The van der Waals surface area contributed by atoms with Gasteiger partial charge in [0.1, 0.15) is 11.9 Å². The molecule has 1 atom stereocenters. The van der Waals surface area contributed by atoms with Gasteiger partial charge in [-0.3, -0.25) is 4.79 Å². The van der Waals surface area contributed by atoms with Gasteiger partial charge in [-0.2, -0.15) is 0 Å². The second kappa shape index (κ2) is 6.96. The van der Waals surface area contributed by atoms with E-state index in [1.165, 1.54) is 10.9 Å². The number of fused-ring (bicyclic) bond motifs is 1. The first kappa shape index (κ1) is 16.8. The lowest BCUT2D eigenvalue weighted by atomic mass is 10.1. The summed E-state index contributed by atoms with van der Waals surface area (Å²) in [5, 5.41) is 1.20. The fourth-order valence-corrected chi connectivity index (χ4v) is 3.70. The molecule has 1 aromatic carbocycles. The van der Waals surface area contributed by atoms with E-state index in [0.29, 0.717) is 26.1 Å². The molecule has 4 rings (SSSR count). The van der Waals surface area contributed by atoms with Gasteiger partial charge >= 0.3 is 0 Å². The Hall–Kier alpha value is -2.60. The normalized spacial score (nSPS) is 17.8. The molecular weight excluding hydrogens is 328 g/mol. The zero-order valence-corrected chi connectivity index (χ0v) is 15.2. The van der Waals surface area contributed by atoms with Crippen molar-refractivity contribution in [1.29, 1.82) is 0 Å². The van der Waals surface area contributed by atoms with Crippen LogP contribution in [0.2, 0.25) is 0 Å². The minimum atomic E-state index is -0.153. The number of imidazole rings is 1. The number of carbonyl (C=O) groups is 1. The maximum atomic E-state index is 12.7. The molecule has 2 aromatic heterocycles. The van der Waals surface area contributed by atoms with Crippen LogP contribution in [0, 0.1) is 6.92 Å². The number of para-hydroxylation sites is 1. The van der Waals surface area contributed by atoms with Crippen LogP contribution >= 0.6 is 0 Å². The Labute approximate surface area is 152 Å². The van der Waals surface area contributed by atoms with Crippen molar-refractivity contribution in [2.75, 3.05) is 19.7 Å². The van der Waals surface area contributed by atoms with Crippen molar-refractivity contribution in [2.45, 2.75) is 25.9 Å². The van der Waals surface area contributed by atoms with Gasteiger partial charge in [-0.15, -0.1) is 0 Å². The van der Waals surface area contributed by atoms with E-state index in [1.807, 2.05) is 48.0 Å². The molecule has 1 amide bonds. The number of H-pyrrole nitrogens is 1. The van der Waals surface area contributed by atoms with Gasteiger partial charge in [-0.1, -0.05) is 18.2 Å². The van der Waals surface area contributed by atoms with E-state index in [0.717, 1.165) is 23.5 Å². The summed E-state index contributed by atoms with van der Waals surface area (Å²) in [5.74, 6) is 1.06. The predicted octanol–water partition coefficient (Wildman–Crippen LogP) is 2.74. The molecular formula is C20H24N4O2. The number of nitrogens with zero attached hydrogens (tertiary/aromatic N) is 3. The van der Waals surface area contributed by atoms with E-state index in [1.54, 1.807) is 0 Å². The Kier molecular flexibility index (Phi) is 4.51. The lowest BCUT2D eigenvalue weighted by molar-refractivity contribution is -0.139. The van der Waals surface area contributed by atoms with Gasteiger partial charge in [0.25, 0.3) is 0 Å². The Balaban J connectivity index is 1.40. The fourth-order valence-electron chi connectivity index (χ4n) is 3.70. The number of rotatable bonds is 4. The number of hydrogen-bond acceptors (Lipinski definition) is 3. The molecule has 26 heavy (non-hydrogen) atoms. The van der Waals surface area contributed by atoms with Crippen molar-refractivity contribution < 1.29 is 9.53 Å². The Bertz CT molecular complexity index is 927. The molecule has 136 valence electrons. The highest BCUT2D eigenvalue weighted by Crippen LogP contribution is 2.23. The van der Waals surface area contributed by atoms with Crippen LogP contribution in [-0.4, -0.2) is 45.0 Å². The summed E-state index contributed by atoms with van der Waals surface area (Å²) in [4.78, 5) is 22.5. The Morgan fingerprint density at radius 1 is 1.38 bits per heavy atom. The first-order valence-corrected chi connectivity index (χ1v) is 9.06.